The zero-order valence-electron chi connectivity index (χ0n) is 40.2. The van der Waals surface area contributed by atoms with Crippen LogP contribution in [0.2, 0.25) is 0 Å². The average molecular weight is 962 g/mol. The number of ether oxygens (including phenoxy) is 2. The van der Waals surface area contributed by atoms with Crippen LogP contribution < -0.4 is 20.9 Å². The van der Waals surface area contributed by atoms with E-state index in [9.17, 15) is 28.8 Å². The molecule has 4 aromatic heterocycles. The standard InChI is InChI=1S/C54H59N9O8/c1-54(2,3)71-53(69)61-44(25-33-29-57-41-16-9-6-13-38(33)41)51(67)62-23-11-18-46(62)48(64)35-27-47(63(31-35)36-19-21-55-22-20-36)50(66)59-43(24-32-28-56-40-15-8-5-12-37(32)40)49(65)60-45(52(68)70-4)26-34-30-58-42-17-10-7-14-39(34)42/h5-10,12-17,19-22,28-30,35,43-47,56-58H,11,18,23-27,31H2,1-4H3,(H,59,66)(H,60,65)(H,61,69)/t35-,43+,44+,45+,46+,47+/m1/s1. The summed E-state index contributed by atoms with van der Waals surface area (Å²) in [7, 11) is 1.26. The highest BCUT2D eigenvalue weighted by molar-refractivity contribution is 5.98. The predicted octanol–water partition coefficient (Wildman–Crippen LogP) is 6.04. The Hall–Kier alpha value is -7.95. The Morgan fingerprint density at radius 1 is 0.690 bits per heavy atom. The number of aromatic nitrogens is 4. The fourth-order valence-electron chi connectivity index (χ4n) is 10.2. The van der Waals surface area contributed by atoms with Crippen LogP contribution in [0.1, 0.15) is 56.7 Å². The number of ketones is 1. The Balaban J connectivity index is 0.969. The normalized spacial score (nSPS) is 18.3. The first kappa shape index (κ1) is 48.1. The monoisotopic (exact) mass is 961 g/mol. The number of amides is 4. The molecule has 9 rings (SSSR count). The first-order chi connectivity index (χ1) is 34.2. The predicted molar refractivity (Wildman–Crippen MR) is 268 cm³/mol. The number of fused-ring (bicyclic) bond motifs is 3. The Kier molecular flexibility index (Phi) is 13.9. The van der Waals surface area contributed by atoms with Crippen LogP contribution in [0.25, 0.3) is 32.7 Å². The molecule has 17 heteroatoms. The van der Waals surface area contributed by atoms with Gasteiger partial charge in [0.25, 0.3) is 0 Å². The summed E-state index contributed by atoms with van der Waals surface area (Å²) in [6.45, 7) is 5.70. The molecule has 2 fully saturated rings. The zero-order valence-corrected chi connectivity index (χ0v) is 40.2. The number of para-hydroxylation sites is 3. The molecule has 0 radical (unpaired) electrons. The minimum absolute atomic E-state index is 0.0725. The lowest BCUT2D eigenvalue weighted by Crippen LogP contribution is -2.56. The van der Waals surface area contributed by atoms with E-state index >= 15 is 0 Å². The molecule has 71 heavy (non-hydrogen) atoms. The third-order valence-corrected chi connectivity index (χ3v) is 13.6. The van der Waals surface area contributed by atoms with Gasteiger partial charge in [0.05, 0.1) is 13.2 Å². The number of aromatic amines is 3. The summed E-state index contributed by atoms with van der Waals surface area (Å²) in [5, 5.41) is 11.4. The van der Waals surface area contributed by atoms with Crippen molar-refractivity contribution < 1.29 is 38.2 Å². The van der Waals surface area contributed by atoms with Gasteiger partial charge in [-0.2, -0.15) is 0 Å². The van der Waals surface area contributed by atoms with Crippen molar-refractivity contribution in [1.29, 1.82) is 0 Å². The van der Waals surface area contributed by atoms with Crippen molar-refractivity contribution in [2.45, 2.75) is 95.1 Å². The molecule has 0 spiro atoms. The van der Waals surface area contributed by atoms with E-state index in [1.807, 2.05) is 83.9 Å². The van der Waals surface area contributed by atoms with Crippen molar-refractivity contribution in [2.75, 3.05) is 25.1 Å². The molecule has 368 valence electrons. The number of benzene rings is 3. The summed E-state index contributed by atoms with van der Waals surface area (Å²) < 4.78 is 10.8. The number of nitrogens with zero attached hydrogens (tertiary/aromatic N) is 3. The molecule has 17 nitrogen and oxygen atoms in total. The largest absolute Gasteiger partial charge is 0.467 e. The summed E-state index contributed by atoms with van der Waals surface area (Å²) in [5.41, 5.74) is 4.84. The van der Waals surface area contributed by atoms with Gasteiger partial charge in [-0.15, -0.1) is 0 Å². The van der Waals surface area contributed by atoms with Gasteiger partial charge in [-0.25, -0.2) is 9.59 Å². The van der Waals surface area contributed by atoms with E-state index in [4.69, 9.17) is 9.47 Å². The quantitative estimate of drug-likeness (QED) is 0.0616. The maximum absolute atomic E-state index is 14.9. The summed E-state index contributed by atoms with van der Waals surface area (Å²) in [6.07, 6.45) is 9.31. The lowest BCUT2D eigenvalue weighted by atomic mass is 9.93. The first-order valence-corrected chi connectivity index (χ1v) is 24.1. The maximum Gasteiger partial charge on any atom is 0.408 e. The van der Waals surface area contributed by atoms with Crippen molar-refractivity contribution in [3.63, 3.8) is 0 Å². The van der Waals surface area contributed by atoms with Crippen LogP contribution in [0.4, 0.5) is 10.5 Å². The number of esters is 1. The van der Waals surface area contributed by atoms with Gasteiger partial charge in [0.2, 0.25) is 17.7 Å². The number of nitrogens with one attached hydrogen (secondary N) is 6. The van der Waals surface area contributed by atoms with Crippen molar-refractivity contribution in [3.05, 3.63) is 133 Å². The molecule has 7 aromatic rings. The molecular formula is C54H59N9O8. The molecule has 0 aliphatic carbocycles. The molecular weight excluding hydrogens is 903 g/mol. The highest BCUT2D eigenvalue weighted by atomic mass is 16.6. The summed E-state index contributed by atoms with van der Waals surface area (Å²) >= 11 is 0. The lowest BCUT2D eigenvalue weighted by molar-refractivity contribution is -0.145. The number of alkyl carbamates (subject to hydrolysis) is 1. The number of pyridine rings is 1. The number of likely N-dealkylation sites (tertiary alicyclic amines) is 1. The first-order valence-electron chi connectivity index (χ1n) is 24.1. The number of hydrogen-bond acceptors (Lipinski definition) is 10. The van der Waals surface area contributed by atoms with Crippen molar-refractivity contribution >= 4 is 74.0 Å². The molecule has 6 heterocycles. The number of hydrogen-bond donors (Lipinski definition) is 6. The molecule has 2 aliphatic rings. The fraction of sp³-hybridized carbons (Fsp3) is 0.352. The third-order valence-electron chi connectivity index (χ3n) is 13.6. The summed E-state index contributed by atoms with van der Waals surface area (Å²) in [4.78, 5) is 103. The SMILES string of the molecule is COC(=O)[C@H](Cc1c[nH]c2ccccc12)NC(=O)[C@H](Cc1c[nH]c2ccccc12)NC(=O)[C@@H]1C[C@@H](C(=O)[C@@H]2CCCN2C(=O)[C@H](Cc2c[nH]c3ccccc23)NC(=O)OC(C)(C)C)CN1c1ccncc1. The molecule has 6 atom stereocenters. The van der Waals surface area contributed by atoms with Crippen LogP contribution in [-0.2, 0) is 52.7 Å². The number of anilines is 1. The van der Waals surface area contributed by atoms with Crippen LogP contribution in [-0.4, -0.2) is 116 Å². The topological polar surface area (TPSA) is 224 Å². The second-order valence-corrected chi connectivity index (χ2v) is 19.4. The zero-order chi connectivity index (χ0) is 49.8. The second kappa shape index (κ2) is 20.6. The minimum atomic E-state index is -1.17. The Morgan fingerprint density at radius 3 is 1.77 bits per heavy atom. The second-order valence-electron chi connectivity index (χ2n) is 19.4. The van der Waals surface area contributed by atoms with Crippen molar-refractivity contribution in [3.8, 4) is 0 Å². The van der Waals surface area contributed by atoms with Crippen LogP contribution in [0, 0.1) is 5.92 Å². The van der Waals surface area contributed by atoms with E-state index < -0.39 is 71.5 Å². The van der Waals surface area contributed by atoms with Gasteiger partial charge < -0.3 is 50.2 Å². The molecule has 0 saturated carbocycles. The fourth-order valence-corrected chi connectivity index (χ4v) is 10.2. The Bertz CT molecular complexity index is 3080. The number of Topliss-reactive ketones (excluding diaryl/α,β-unsaturated/α-hetero) is 1. The van der Waals surface area contributed by atoms with E-state index in [0.717, 1.165) is 49.4 Å². The number of methoxy groups -OCH3 is 1. The molecule has 0 bridgehead atoms. The van der Waals surface area contributed by atoms with E-state index in [1.54, 1.807) is 62.6 Å². The van der Waals surface area contributed by atoms with Gasteiger partial charge in [0.1, 0.15) is 29.8 Å². The highest BCUT2D eigenvalue weighted by Gasteiger charge is 2.47. The third kappa shape index (κ3) is 10.6. The van der Waals surface area contributed by atoms with E-state index in [-0.39, 0.29) is 38.0 Å². The number of carbonyl (C=O) groups excluding carboxylic acids is 6. The van der Waals surface area contributed by atoms with Crippen LogP contribution in [0.15, 0.2) is 116 Å². The van der Waals surface area contributed by atoms with Crippen molar-refractivity contribution in [2.24, 2.45) is 5.92 Å². The summed E-state index contributed by atoms with van der Waals surface area (Å²) in [5.74, 6) is -3.03. The van der Waals surface area contributed by atoms with Gasteiger partial charge in [0, 0.05) is 108 Å². The summed E-state index contributed by atoms with van der Waals surface area (Å²) in [6, 6.07) is 21.5. The van der Waals surface area contributed by atoms with Crippen LogP contribution in [0.5, 0.6) is 0 Å². The number of carbonyl (C=O) groups is 6. The minimum Gasteiger partial charge on any atom is -0.467 e. The van der Waals surface area contributed by atoms with Gasteiger partial charge in [-0.3, -0.25) is 24.2 Å². The molecule has 2 aliphatic heterocycles. The van der Waals surface area contributed by atoms with E-state index in [1.165, 1.54) is 7.11 Å². The van der Waals surface area contributed by atoms with Crippen LogP contribution in [0.3, 0.4) is 0 Å². The maximum atomic E-state index is 14.9. The van der Waals surface area contributed by atoms with Crippen LogP contribution >= 0.6 is 0 Å². The van der Waals surface area contributed by atoms with Gasteiger partial charge >= 0.3 is 12.1 Å². The lowest BCUT2D eigenvalue weighted by Gasteiger charge is -2.30. The van der Waals surface area contributed by atoms with E-state index in [2.05, 4.69) is 35.9 Å². The van der Waals surface area contributed by atoms with Gasteiger partial charge in [0.15, 0.2) is 5.78 Å². The van der Waals surface area contributed by atoms with Gasteiger partial charge in [-0.05, 0) is 87.1 Å². The molecule has 6 N–H and O–H groups in total. The molecule has 0 unspecified atom stereocenters. The van der Waals surface area contributed by atoms with E-state index in [0.29, 0.717) is 25.1 Å². The number of rotatable bonds is 16. The number of H-pyrrole nitrogens is 3. The smallest absolute Gasteiger partial charge is 0.408 e. The van der Waals surface area contributed by atoms with Gasteiger partial charge in [-0.1, -0.05) is 54.6 Å². The molecule has 2 saturated heterocycles. The molecule has 3 aromatic carbocycles. The Labute approximate surface area is 410 Å². The highest BCUT2D eigenvalue weighted by Crippen LogP contribution is 2.34. The van der Waals surface area contributed by atoms with Crippen molar-refractivity contribution in [1.82, 2.24) is 40.8 Å². The Morgan fingerprint density at radius 2 is 1.23 bits per heavy atom. The molecule has 4 amide bonds. The average Bonchev–Trinajstić information content (AvgIpc) is 4.23.